The van der Waals surface area contributed by atoms with Crippen molar-refractivity contribution in [2.75, 3.05) is 0 Å². The molecule has 0 aliphatic heterocycles. The standard InChI is InChI=1S/C19H24FN3O3/c1-5-14(6-2)23-12(4)15(10-21-23)18(24)22-17(19(25)26)13-7-8-16(20)11(3)9-13/h7-10,14,17H,5-6H2,1-4H3,(H,22,24)(H,25,26). The lowest BCUT2D eigenvalue weighted by atomic mass is 10.0. The average molecular weight is 361 g/mol. The second-order valence-corrected chi connectivity index (χ2v) is 6.31. The Morgan fingerprint density at radius 1 is 1.27 bits per heavy atom. The van der Waals surface area contributed by atoms with Crippen LogP contribution >= 0.6 is 0 Å². The number of carbonyl (C=O) groups excluding carboxylic acids is 1. The largest absolute Gasteiger partial charge is 0.479 e. The molecule has 1 aromatic carbocycles. The molecule has 1 aromatic heterocycles. The Bertz CT molecular complexity index is 812. The lowest BCUT2D eigenvalue weighted by molar-refractivity contribution is -0.139. The monoisotopic (exact) mass is 361 g/mol. The number of amides is 1. The number of aliphatic carboxylic acids is 1. The van der Waals surface area contributed by atoms with Crippen LogP contribution in [-0.4, -0.2) is 26.8 Å². The summed E-state index contributed by atoms with van der Waals surface area (Å²) < 4.78 is 15.2. The van der Waals surface area contributed by atoms with Crippen LogP contribution in [0.15, 0.2) is 24.4 Å². The summed E-state index contributed by atoms with van der Waals surface area (Å²) in [6.45, 7) is 7.43. The molecule has 26 heavy (non-hydrogen) atoms. The van der Waals surface area contributed by atoms with Crippen LogP contribution in [0.1, 0.15) is 66.0 Å². The van der Waals surface area contributed by atoms with Gasteiger partial charge in [-0.1, -0.05) is 26.0 Å². The smallest absolute Gasteiger partial charge is 0.330 e. The van der Waals surface area contributed by atoms with Gasteiger partial charge in [0.05, 0.1) is 17.8 Å². The maximum Gasteiger partial charge on any atom is 0.330 e. The summed E-state index contributed by atoms with van der Waals surface area (Å²) >= 11 is 0. The SMILES string of the molecule is CCC(CC)n1ncc(C(=O)NC(C(=O)O)c2ccc(F)c(C)c2)c1C. The van der Waals surface area contributed by atoms with Gasteiger partial charge in [0.25, 0.3) is 5.91 Å². The minimum atomic E-state index is -1.27. The number of nitrogens with one attached hydrogen (secondary N) is 1. The zero-order valence-corrected chi connectivity index (χ0v) is 15.4. The van der Waals surface area contributed by atoms with Crippen LogP contribution < -0.4 is 5.32 Å². The fourth-order valence-electron chi connectivity index (χ4n) is 2.99. The molecule has 0 bridgehead atoms. The van der Waals surface area contributed by atoms with Gasteiger partial charge in [0, 0.05) is 5.69 Å². The number of aryl methyl sites for hydroxylation is 1. The number of rotatable bonds is 7. The molecule has 0 spiro atoms. The predicted molar refractivity (Wildman–Crippen MR) is 95.6 cm³/mol. The number of hydrogen-bond acceptors (Lipinski definition) is 3. The van der Waals surface area contributed by atoms with Gasteiger partial charge in [0.1, 0.15) is 5.82 Å². The highest BCUT2D eigenvalue weighted by Gasteiger charge is 2.25. The van der Waals surface area contributed by atoms with Crippen molar-refractivity contribution in [3.8, 4) is 0 Å². The molecule has 140 valence electrons. The first kappa shape index (κ1) is 19.6. The van der Waals surface area contributed by atoms with Crippen molar-refractivity contribution in [1.29, 1.82) is 0 Å². The molecule has 1 atom stereocenters. The zero-order valence-electron chi connectivity index (χ0n) is 15.4. The van der Waals surface area contributed by atoms with E-state index in [1.807, 2.05) is 13.8 Å². The van der Waals surface area contributed by atoms with Crippen molar-refractivity contribution < 1.29 is 19.1 Å². The number of nitrogens with zero attached hydrogens (tertiary/aromatic N) is 2. The van der Waals surface area contributed by atoms with Crippen molar-refractivity contribution in [3.63, 3.8) is 0 Å². The molecule has 0 aliphatic rings. The molecule has 0 saturated carbocycles. The van der Waals surface area contributed by atoms with E-state index >= 15 is 0 Å². The Balaban J connectivity index is 2.28. The summed E-state index contributed by atoms with van der Waals surface area (Å²) in [6.07, 6.45) is 3.22. The first-order chi connectivity index (χ1) is 12.3. The van der Waals surface area contributed by atoms with Crippen molar-refractivity contribution in [1.82, 2.24) is 15.1 Å². The summed E-state index contributed by atoms with van der Waals surface area (Å²) in [5, 5.41) is 16.3. The van der Waals surface area contributed by atoms with Crippen LogP contribution in [0.2, 0.25) is 0 Å². The highest BCUT2D eigenvalue weighted by molar-refractivity contribution is 5.97. The van der Waals surface area contributed by atoms with Gasteiger partial charge in [-0.05, 0) is 43.9 Å². The molecule has 1 amide bonds. The van der Waals surface area contributed by atoms with Crippen molar-refractivity contribution in [3.05, 3.63) is 52.6 Å². The summed E-state index contributed by atoms with van der Waals surface area (Å²) in [7, 11) is 0. The normalized spacial score (nSPS) is 12.2. The topological polar surface area (TPSA) is 84.2 Å². The maximum atomic E-state index is 13.4. The van der Waals surface area contributed by atoms with Gasteiger partial charge in [0.15, 0.2) is 6.04 Å². The molecule has 1 heterocycles. The summed E-state index contributed by atoms with van der Waals surface area (Å²) in [4.78, 5) is 24.2. The molecule has 1 unspecified atom stereocenters. The molecule has 0 radical (unpaired) electrons. The lowest BCUT2D eigenvalue weighted by Gasteiger charge is -2.17. The van der Waals surface area contributed by atoms with Gasteiger partial charge in [-0.2, -0.15) is 5.10 Å². The molecule has 2 aromatic rings. The molecule has 2 N–H and O–H groups in total. The zero-order chi connectivity index (χ0) is 19.4. The minimum absolute atomic E-state index is 0.187. The Morgan fingerprint density at radius 2 is 1.92 bits per heavy atom. The molecular formula is C19H24FN3O3. The summed E-state index contributed by atoms with van der Waals surface area (Å²) in [6, 6.07) is 2.91. The van der Waals surface area contributed by atoms with Gasteiger partial charge in [0.2, 0.25) is 0 Å². The second kappa shape index (κ2) is 8.12. The Hall–Kier alpha value is -2.70. The third kappa shape index (κ3) is 3.92. The number of carboxylic acid groups (broad SMARTS) is 1. The molecule has 7 heteroatoms. The van der Waals surface area contributed by atoms with E-state index < -0.39 is 23.7 Å². The number of carbonyl (C=O) groups is 2. The maximum absolute atomic E-state index is 13.4. The van der Waals surface area contributed by atoms with Crippen molar-refractivity contribution >= 4 is 11.9 Å². The first-order valence-corrected chi connectivity index (χ1v) is 8.63. The average Bonchev–Trinajstić information content (AvgIpc) is 2.98. The van der Waals surface area contributed by atoms with Gasteiger partial charge in [-0.3, -0.25) is 9.48 Å². The van der Waals surface area contributed by atoms with Crippen LogP contribution in [0.3, 0.4) is 0 Å². The fourth-order valence-corrected chi connectivity index (χ4v) is 2.99. The van der Waals surface area contributed by atoms with Gasteiger partial charge in [-0.15, -0.1) is 0 Å². The van der Waals surface area contributed by atoms with Crippen LogP contribution in [0.4, 0.5) is 4.39 Å². The predicted octanol–water partition coefficient (Wildman–Crippen LogP) is 3.56. The molecule has 0 fully saturated rings. The van der Waals surface area contributed by atoms with Gasteiger partial charge < -0.3 is 10.4 Å². The van der Waals surface area contributed by atoms with Crippen LogP contribution in [0, 0.1) is 19.7 Å². The van der Waals surface area contributed by atoms with E-state index in [1.165, 1.54) is 24.4 Å². The third-order valence-electron chi connectivity index (χ3n) is 4.62. The molecule has 6 nitrogen and oxygen atoms in total. The summed E-state index contributed by atoms with van der Waals surface area (Å²) in [5.41, 5.74) is 1.66. The molecule has 2 rings (SSSR count). The lowest BCUT2D eigenvalue weighted by Crippen LogP contribution is -2.34. The minimum Gasteiger partial charge on any atom is -0.479 e. The van der Waals surface area contributed by atoms with Crippen LogP contribution in [0.5, 0.6) is 0 Å². The first-order valence-electron chi connectivity index (χ1n) is 8.63. The number of carboxylic acids is 1. The molecule has 0 saturated heterocycles. The molecular weight excluding hydrogens is 337 g/mol. The van der Waals surface area contributed by atoms with E-state index in [4.69, 9.17) is 0 Å². The Morgan fingerprint density at radius 3 is 2.46 bits per heavy atom. The Labute approximate surface area is 152 Å². The van der Waals surface area contributed by atoms with E-state index in [1.54, 1.807) is 18.5 Å². The van der Waals surface area contributed by atoms with Crippen molar-refractivity contribution in [2.45, 2.75) is 52.6 Å². The van der Waals surface area contributed by atoms with Crippen molar-refractivity contribution in [2.24, 2.45) is 0 Å². The fraction of sp³-hybridized carbons (Fsp3) is 0.421. The number of aromatic nitrogens is 2. The highest BCUT2D eigenvalue weighted by atomic mass is 19.1. The second-order valence-electron chi connectivity index (χ2n) is 6.31. The van der Waals surface area contributed by atoms with Crippen LogP contribution in [0.25, 0.3) is 0 Å². The van der Waals surface area contributed by atoms with E-state index in [9.17, 15) is 19.1 Å². The molecule has 0 aliphatic carbocycles. The van der Waals surface area contributed by atoms with E-state index in [2.05, 4.69) is 10.4 Å². The van der Waals surface area contributed by atoms with Gasteiger partial charge in [-0.25, -0.2) is 9.18 Å². The number of hydrogen-bond donors (Lipinski definition) is 2. The highest BCUT2D eigenvalue weighted by Crippen LogP contribution is 2.21. The van der Waals surface area contributed by atoms with E-state index in [0.29, 0.717) is 22.4 Å². The van der Waals surface area contributed by atoms with Crippen LogP contribution in [-0.2, 0) is 4.79 Å². The number of halogens is 1. The number of benzene rings is 1. The van der Waals surface area contributed by atoms with E-state index in [0.717, 1.165) is 12.8 Å². The van der Waals surface area contributed by atoms with Gasteiger partial charge >= 0.3 is 5.97 Å². The van der Waals surface area contributed by atoms with E-state index in [-0.39, 0.29) is 6.04 Å². The third-order valence-corrected chi connectivity index (χ3v) is 4.62. The Kier molecular flexibility index (Phi) is 6.13. The summed E-state index contributed by atoms with van der Waals surface area (Å²) in [5.74, 6) is -2.16. The quantitative estimate of drug-likeness (QED) is 0.790.